The Bertz CT molecular complexity index is 274. The minimum Gasteiger partial charge on any atom is -0.469 e. The molecule has 0 rings (SSSR count). The van der Waals surface area contributed by atoms with Crippen molar-refractivity contribution < 1.29 is 9.53 Å². The summed E-state index contributed by atoms with van der Waals surface area (Å²) in [5, 5.41) is 0. The summed E-state index contributed by atoms with van der Waals surface area (Å²) in [6.45, 7) is 12.0. The van der Waals surface area contributed by atoms with Crippen molar-refractivity contribution in [1.29, 1.82) is 0 Å². The molecule has 0 unspecified atom stereocenters. The molecule has 2 heteroatoms. The van der Waals surface area contributed by atoms with Crippen molar-refractivity contribution in [2.75, 3.05) is 7.11 Å². The fraction of sp³-hybridized carbons (Fsp3) is 0.643. The topological polar surface area (TPSA) is 26.3 Å². The summed E-state index contributed by atoms with van der Waals surface area (Å²) in [5.41, 5.74) is 1.15. The number of hydrogen-bond donors (Lipinski definition) is 0. The quantitative estimate of drug-likeness (QED) is 0.507. The summed E-state index contributed by atoms with van der Waals surface area (Å²) in [7, 11) is 1.44. The molecule has 0 aromatic rings. The molecule has 1 atom stereocenters. The van der Waals surface area contributed by atoms with Gasteiger partial charge in [-0.3, -0.25) is 4.79 Å². The van der Waals surface area contributed by atoms with Crippen molar-refractivity contribution in [3.05, 3.63) is 24.3 Å². The Morgan fingerprint density at radius 1 is 1.50 bits per heavy atom. The Labute approximate surface area is 99.4 Å². The van der Waals surface area contributed by atoms with Crippen LogP contribution in [0.5, 0.6) is 0 Å². The first-order valence-electron chi connectivity index (χ1n) is 5.71. The van der Waals surface area contributed by atoms with E-state index in [0.717, 1.165) is 18.4 Å². The van der Waals surface area contributed by atoms with Gasteiger partial charge in [0.2, 0.25) is 0 Å². The molecule has 0 radical (unpaired) electrons. The van der Waals surface area contributed by atoms with Crippen LogP contribution in [0.2, 0.25) is 0 Å². The van der Waals surface area contributed by atoms with E-state index in [2.05, 4.69) is 26.5 Å². The Hall–Kier alpha value is -1.05. The molecule has 0 aromatic carbocycles. The fourth-order valence-corrected chi connectivity index (χ4v) is 1.36. The first-order valence-corrected chi connectivity index (χ1v) is 5.71. The highest BCUT2D eigenvalue weighted by Gasteiger charge is 2.19. The third-order valence-corrected chi connectivity index (χ3v) is 2.64. The van der Waals surface area contributed by atoms with Crippen molar-refractivity contribution in [3.8, 4) is 0 Å². The lowest BCUT2D eigenvalue weighted by Gasteiger charge is -2.21. The molecule has 92 valence electrons. The molecule has 0 aliphatic rings. The van der Waals surface area contributed by atoms with Gasteiger partial charge >= 0.3 is 5.97 Å². The number of carbonyl (C=O) groups excluding carboxylic acids is 1. The molecule has 0 bridgehead atoms. The second kappa shape index (κ2) is 6.51. The van der Waals surface area contributed by atoms with E-state index in [4.69, 9.17) is 4.74 Å². The second-order valence-corrected chi connectivity index (χ2v) is 5.13. The molecule has 0 heterocycles. The molecule has 0 aromatic heterocycles. The van der Waals surface area contributed by atoms with Gasteiger partial charge in [0.1, 0.15) is 0 Å². The van der Waals surface area contributed by atoms with Gasteiger partial charge in [-0.2, -0.15) is 0 Å². The summed E-state index contributed by atoms with van der Waals surface area (Å²) in [4.78, 5) is 11.2. The van der Waals surface area contributed by atoms with E-state index in [1.54, 1.807) is 0 Å². The van der Waals surface area contributed by atoms with Gasteiger partial charge in [0, 0.05) is 0 Å². The highest BCUT2D eigenvalue weighted by atomic mass is 16.5. The number of rotatable bonds is 6. The average molecular weight is 224 g/mol. The van der Waals surface area contributed by atoms with Crippen molar-refractivity contribution in [2.24, 2.45) is 11.3 Å². The molecule has 0 spiro atoms. The summed E-state index contributed by atoms with van der Waals surface area (Å²) in [6, 6.07) is 0. The molecule has 0 fully saturated rings. The van der Waals surface area contributed by atoms with Crippen LogP contribution in [0.4, 0.5) is 0 Å². The zero-order chi connectivity index (χ0) is 12.8. The number of ether oxygens (including phenoxy) is 1. The lowest BCUT2D eigenvalue weighted by molar-refractivity contribution is -0.145. The molecule has 0 saturated heterocycles. The minimum absolute atomic E-state index is 0.0255. The average Bonchev–Trinajstić information content (AvgIpc) is 2.22. The van der Waals surface area contributed by atoms with Crippen LogP contribution in [-0.2, 0) is 9.53 Å². The summed E-state index contributed by atoms with van der Waals surface area (Å²) >= 11 is 0. The van der Waals surface area contributed by atoms with Gasteiger partial charge in [-0.25, -0.2) is 0 Å². The van der Waals surface area contributed by atoms with Gasteiger partial charge < -0.3 is 4.74 Å². The summed E-state index contributed by atoms with van der Waals surface area (Å²) in [5.74, 6) is -0.151. The maximum Gasteiger partial charge on any atom is 0.308 e. The normalized spacial score (nSPS) is 13.8. The number of carbonyl (C=O) groups is 1. The number of allylic oxidation sites excluding steroid dienone is 3. The lowest BCUT2D eigenvalue weighted by Crippen LogP contribution is -2.16. The zero-order valence-corrected chi connectivity index (χ0v) is 11.2. The van der Waals surface area contributed by atoms with E-state index in [9.17, 15) is 4.79 Å². The monoisotopic (exact) mass is 224 g/mol. The van der Waals surface area contributed by atoms with Gasteiger partial charge in [0.25, 0.3) is 0 Å². The first-order chi connectivity index (χ1) is 7.28. The number of esters is 1. The first kappa shape index (κ1) is 14.9. The van der Waals surface area contributed by atoms with Gasteiger partial charge in [-0.05, 0) is 25.2 Å². The molecule has 16 heavy (non-hydrogen) atoms. The van der Waals surface area contributed by atoms with Gasteiger partial charge in [-0.15, -0.1) is 0 Å². The molecule has 0 aliphatic carbocycles. The van der Waals surface area contributed by atoms with Crippen molar-refractivity contribution >= 4 is 5.97 Å². The largest absolute Gasteiger partial charge is 0.469 e. The van der Waals surface area contributed by atoms with Crippen LogP contribution in [0.15, 0.2) is 24.3 Å². The zero-order valence-electron chi connectivity index (χ0n) is 11.2. The Morgan fingerprint density at radius 3 is 2.50 bits per heavy atom. The molecular weight excluding hydrogens is 200 g/mol. The SMILES string of the molecule is C=C(C)/C=C/C(C)(C)CC[C@@H](C)C(=O)OC. The van der Waals surface area contributed by atoms with Crippen molar-refractivity contribution in [1.82, 2.24) is 0 Å². The molecule has 0 aliphatic heterocycles. The highest BCUT2D eigenvalue weighted by Crippen LogP contribution is 2.27. The fourth-order valence-electron chi connectivity index (χ4n) is 1.36. The third kappa shape index (κ3) is 6.44. The van der Waals surface area contributed by atoms with E-state index in [1.165, 1.54) is 7.11 Å². The third-order valence-electron chi connectivity index (χ3n) is 2.64. The van der Waals surface area contributed by atoms with Crippen molar-refractivity contribution in [2.45, 2.75) is 40.5 Å². The van der Waals surface area contributed by atoms with Gasteiger partial charge in [-0.1, -0.05) is 45.1 Å². The summed E-state index contributed by atoms with van der Waals surface area (Å²) < 4.78 is 4.70. The molecule has 2 nitrogen and oxygen atoms in total. The Morgan fingerprint density at radius 2 is 2.06 bits per heavy atom. The van der Waals surface area contributed by atoms with Crippen LogP contribution in [0.1, 0.15) is 40.5 Å². The standard InChI is InChI=1S/C14H24O2/c1-11(2)7-9-14(4,5)10-8-12(3)13(15)16-6/h7,9,12H,1,8,10H2,2-6H3/b9-7+/t12-/m1/s1. The Kier molecular flexibility index (Phi) is 6.09. The molecule has 0 saturated carbocycles. The second-order valence-electron chi connectivity index (χ2n) is 5.13. The van der Waals surface area contributed by atoms with Crippen LogP contribution >= 0.6 is 0 Å². The predicted molar refractivity (Wildman–Crippen MR) is 68.1 cm³/mol. The van der Waals surface area contributed by atoms with Crippen LogP contribution < -0.4 is 0 Å². The maximum absolute atomic E-state index is 11.2. The van der Waals surface area contributed by atoms with Crippen LogP contribution in [-0.4, -0.2) is 13.1 Å². The number of methoxy groups -OCH3 is 1. The smallest absolute Gasteiger partial charge is 0.308 e. The van der Waals surface area contributed by atoms with Crippen LogP contribution in [0.3, 0.4) is 0 Å². The highest BCUT2D eigenvalue weighted by molar-refractivity contribution is 5.71. The lowest BCUT2D eigenvalue weighted by atomic mass is 9.84. The molecule has 0 N–H and O–H groups in total. The minimum atomic E-state index is -0.125. The van der Waals surface area contributed by atoms with Crippen LogP contribution in [0.25, 0.3) is 0 Å². The summed E-state index contributed by atoms with van der Waals surface area (Å²) in [6.07, 6.45) is 6.00. The molecular formula is C14H24O2. The van der Waals surface area contributed by atoms with Gasteiger partial charge in [0.15, 0.2) is 0 Å². The van der Waals surface area contributed by atoms with E-state index >= 15 is 0 Å². The van der Waals surface area contributed by atoms with Crippen LogP contribution in [0, 0.1) is 11.3 Å². The van der Waals surface area contributed by atoms with Gasteiger partial charge in [0.05, 0.1) is 13.0 Å². The van der Waals surface area contributed by atoms with E-state index < -0.39 is 0 Å². The maximum atomic E-state index is 11.2. The van der Waals surface area contributed by atoms with E-state index in [0.29, 0.717) is 0 Å². The Balaban J connectivity index is 4.18. The van der Waals surface area contributed by atoms with Crippen molar-refractivity contribution in [3.63, 3.8) is 0 Å². The molecule has 0 amide bonds. The van der Waals surface area contributed by atoms with E-state index in [-0.39, 0.29) is 17.3 Å². The van der Waals surface area contributed by atoms with E-state index in [1.807, 2.05) is 19.9 Å². The predicted octanol–water partition coefficient (Wildman–Crippen LogP) is 3.73. The number of hydrogen-bond acceptors (Lipinski definition) is 2.